The summed E-state index contributed by atoms with van der Waals surface area (Å²) in [4.78, 5) is 10.8. The lowest BCUT2D eigenvalue weighted by Crippen LogP contribution is -2.60. The monoisotopic (exact) mass is 315 g/mol. The van der Waals surface area contributed by atoms with Crippen LogP contribution in [0.2, 0.25) is 0 Å². The second-order valence-corrected chi connectivity index (χ2v) is 4.93. The summed E-state index contributed by atoms with van der Waals surface area (Å²) in [5.41, 5.74) is -0.0637. The summed E-state index contributed by atoms with van der Waals surface area (Å²) < 4.78 is 5.23. The predicted molar refractivity (Wildman–Crippen MR) is 72.5 cm³/mol. The Morgan fingerprint density at radius 2 is 1.86 bits per heavy atom. The number of aliphatic hydroxyl groups excluding tert-OH is 4. The Morgan fingerprint density at radius 1 is 1.18 bits per heavy atom. The van der Waals surface area contributed by atoms with E-state index in [4.69, 9.17) is 14.9 Å². The van der Waals surface area contributed by atoms with Crippen molar-refractivity contribution in [3.05, 3.63) is 23.8 Å². The topological polar surface area (TPSA) is 160 Å². The molecule has 1 aliphatic heterocycles. The van der Waals surface area contributed by atoms with E-state index in [9.17, 15) is 25.2 Å². The second kappa shape index (κ2) is 6.46. The molecule has 0 unspecified atom stereocenters. The molecule has 22 heavy (non-hydrogen) atoms. The third-order valence-electron chi connectivity index (χ3n) is 3.43. The number of nitrogens with one attached hydrogen (secondary N) is 1. The highest BCUT2D eigenvalue weighted by atomic mass is 16.6. The van der Waals surface area contributed by atoms with Crippen LogP contribution < -0.4 is 5.32 Å². The fourth-order valence-corrected chi connectivity index (χ4v) is 2.19. The number of phenols is 1. The van der Waals surface area contributed by atoms with Crippen LogP contribution in [0.3, 0.4) is 0 Å². The SMILES string of the molecule is O=C(O)c1ccc(N[C@@H]2O[C@H](CO)[C@@H](O)[C@H](O)[C@H]2O)cc1O. The van der Waals surface area contributed by atoms with Crippen LogP contribution in [0, 0.1) is 0 Å². The molecule has 1 fully saturated rings. The van der Waals surface area contributed by atoms with Gasteiger partial charge in [0.1, 0.15) is 35.7 Å². The van der Waals surface area contributed by atoms with Crippen molar-refractivity contribution < 1.29 is 40.2 Å². The van der Waals surface area contributed by atoms with Crippen LogP contribution in [0.4, 0.5) is 5.69 Å². The van der Waals surface area contributed by atoms with Gasteiger partial charge in [0, 0.05) is 11.8 Å². The minimum Gasteiger partial charge on any atom is -0.507 e. The van der Waals surface area contributed by atoms with Crippen LogP contribution in [0.25, 0.3) is 0 Å². The van der Waals surface area contributed by atoms with Crippen LogP contribution in [0.5, 0.6) is 5.75 Å². The smallest absolute Gasteiger partial charge is 0.339 e. The third kappa shape index (κ3) is 3.13. The number of aromatic carboxylic acids is 1. The van der Waals surface area contributed by atoms with Gasteiger partial charge in [0.15, 0.2) is 6.23 Å². The molecule has 1 saturated heterocycles. The molecule has 0 aliphatic carbocycles. The van der Waals surface area contributed by atoms with Crippen molar-refractivity contribution in [3.8, 4) is 5.75 Å². The van der Waals surface area contributed by atoms with Gasteiger partial charge in [0.25, 0.3) is 0 Å². The minimum absolute atomic E-state index is 0.229. The molecule has 5 atom stereocenters. The Hall–Kier alpha value is -1.91. The van der Waals surface area contributed by atoms with Gasteiger partial charge in [-0.2, -0.15) is 0 Å². The molecule has 0 aromatic heterocycles. The molecular formula is C13H17NO8. The van der Waals surface area contributed by atoms with Gasteiger partial charge < -0.3 is 40.7 Å². The molecule has 0 amide bonds. The lowest BCUT2D eigenvalue weighted by molar-refractivity contribution is -0.221. The molecular weight excluding hydrogens is 298 g/mol. The maximum atomic E-state index is 10.8. The van der Waals surface area contributed by atoms with Crippen LogP contribution in [-0.4, -0.2) is 73.9 Å². The second-order valence-electron chi connectivity index (χ2n) is 4.93. The first-order valence-corrected chi connectivity index (χ1v) is 6.48. The number of carboxylic acid groups (broad SMARTS) is 1. The van der Waals surface area contributed by atoms with Crippen LogP contribution in [-0.2, 0) is 4.74 Å². The van der Waals surface area contributed by atoms with Crippen LogP contribution in [0.1, 0.15) is 10.4 Å². The summed E-state index contributed by atoms with van der Waals surface area (Å²) in [6.45, 7) is -0.563. The van der Waals surface area contributed by atoms with Crippen LogP contribution >= 0.6 is 0 Å². The van der Waals surface area contributed by atoms with Gasteiger partial charge in [0.2, 0.25) is 0 Å². The number of anilines is 1. The summed E-state index contributed by atoms with van der Waals surface area (Å²) in [5.74, 6) is -1.78. The Kier molecular flexibility index (Phi) is 4.84. The molecule has 2 rings (SSSR count). The van der Waals surface area contributed by atoms with Crippen molar-refractivity contribution in [1.82, 2.24) is 0 Å². The van der Waals surface area contributed by atoms with E-state index in [0.29, 0.717) is 0 Å². The number of aromatic hydroxyl groups is 1. The van der Waals surface area contributed by atoms with E-state index < -0.39 is 49.0 Å². The lowest BCUT2D eigenvalue weighted by atomic mass is 9.98. The molecule has 122 valence electrons. The van der Waals surface area contributed by atoms with Crippen molar-refractivity contribution in [2.45, 2.75) is 30.6 Å². The maximum absolute atomic E-state index is 10.8. The number of carbonyl (C=O) groups is 1. The number of hydrogen-bond donors (Lipinski definition) is 7. The molecule has 9 nitrogen and oxygen atoms in total. The van der Waals surface area contributed by atoms with Gasteiger partial charge in [-0.05, 0) is 12.1 Å². The first-order chi connectivity index (χ1) is 10.3. The molecule has 0 saturated carbocycles. The zero-order valence-corrected chi connectivity index (χ0v) is 11.3. The van der Waals surface area contributed by atoms with Gasteiger partial charge >= 0.3 is 5.97 Å². The highest BCUT2D eigenvalue weighted by molar-refractivity contribution is 5.91. The number of benzene rings is 1. The Labute approximate surface area is 125 Å². The Morgan fingerprint density at radius 3 is 2.41 bits per heavy atom. The number of hydrogen-bond acceptors (Lipinski definition) is 8. The molecule has 0 radical (unpaired) electrons. The molecule has 1 aliphatic rings. The molecule has 9 heteroatoms. The number of aliphatic hydroxyl groups is 4. The van der Waals surface area contributed by atoms with Crippen molar-refractivity contribution in [2.75, 3.05) is 11.9 Å². The zero-order chi connectivity index (χ0) is 16.4. The van der Waals surface area contributed by atoms with E-state index in [1.54, 1.807) is 0 Å². The maximum Gasteiger partial charge on any atom is 0.339 e. The van der Waals surface area contributed by atoms with Gasteiger partial charge in [-0.25, -0.2) is 4.79 Å². The van der Waals surface area contributed by atoms with Crippen LogP contribution in [0.15, 0.2) is 18.2 Å². The normalized spacial score (nSPS) is 31.7. The number of carboxylic acids is 1. The van der Waals surface area contributed by atoms with E-state index in [2.05, 4.69) is 5.32 Å². The summed E-state index contributed by atoms with van der Waals surface area (Å²) in [5, 5.41) is 59.3. The fraction of sp³-hybridized carbons (Fsp3) is 0.462. The van der Waals surface area contributed by atoms with Gasteiger partial charge in [-0.15, -0.1) is 0 Å². The molecule has 7 N–H and O–H groups in total. The standard InChI is InChI=1S/C13H17NO8/c15-4-8-9(17)10(18)11(19)12(22-8)14-5-1-2-6(13(20)21)7(16)3-5/h1-3,8-12,14-19H,4H2,(H,20,21)/t8-,9-,10+,11-,12-/m1/s1. The van der Waals surface area contributed by atoms with Crippen molar-refractivity contribution in [1.29, 1.82) is 0 Å². The molecule has 1 heterocycles. The minimum atomic E-state index is -1.53. The van der Waals surface area contributed by atoms with E-state index >= 15 is 0 Å². The van der Waals surface area contributed by atoms with Gasteiger partial charge in [-0.1, -0.05) is 0 Å². The van der Waals surface area contributed by atoms with Gasteiger partial charge in [-0.3, -0.25) is 0 Å². The van der Waals surface area contributed by atoms with Crippen molar-refractivity contribution in [2.24, 2.45) is 0 Å². The molecule has 1 aromatic rings. The van der Waals surface area contributed by atoms with Gasteiger partial charge in [0.05, 0.1) is 6.61 Å². The average molecular weight is 315 g/mol. The molecule has 0 bridgehead atoms. The lowest BCUT2D eigenvalue weighted by Gasteiger charge is -2.40. The fourth-order valence-electron chi connectivity index (χ4n) is 2.19. The first kappa shape index (κ1) is 16.5. The van der Waals surface area contributed by atoms with E-state index in [-0.39, 0.29) is 11.3 Å². The highest BCUT2D eigenvalue weighted by Gasteiger charge is 2.43. The summed E-state index contributed by atoms with van der Waals surface area (Å²) in [6, 6.07) is 3.61. The molecule has 0 spiro atoms. The van der Waals surface area contributed by atoms with Crippen molar-refractivity contribution in [3.63, 3.8) is 0 Å². The Bertz CT molecular complexity index is 549. The van der Waals surface area contributed by atoms with E-state index in [1.807, 2.05) is 0 Å². The number of ether oxygens (including phenoxy) is 1. The summed E-state index contributed by atoms with van der Waals surface area (Å²) in [6.07, 6.45) is -6.72. The van der Waals surface area contributed by atoms with E-state index in [0.717, 1.165) is 12.1 Å². The average Bonchev–Trinajstić information content (AvgIpc) is 2.47. The molecule has 1 aromatic carbocycles. The van der Waals surface area contributed by atoms with E-state index in [1.165, 1.54) is 6.07 Å². The first-order valence-electron chi connectivity index (χ1n) is 6.48. The third-order valence-corrected chi connectivity index (χ3v) is 3.43. The Balaban J connectivity index is 2.15. The summed E-state index contributed by atoms with van der Waals surface area (Å²) in [7, 11) is 0. The van der Waals surface area contributed by atoms with Crippen molar-refractivity contribution >= 4 is 11.7 Å². The predicted octanol–water partition coefficient (Wildman–Crippen LogP) is -1.70. The number of rotatable bonds is 4. The zero-order valence-electron chi connectivity index (χ0n) is 11.3. The highest BCUT2D eigenvalue weighted by Crippen LogP contribution is 2.26. The quantitative estimate of drug-likeness (QED) is 0.343. The largest absolute Gasteiger partial charge is 0.507 e. The summed E-state index contributed by atoms with van der Waals surface area (Å²) >= 11 is 0.